The second kappa shape index (κ2) is 3.46. The summed E-state index contributed by atoms with van der Waals surface area (Å²) in [5.41, 5.74) is 8.53. The Morgan fingerprint density at radius 3 is 2.43 bits per heavy atom. The van der Waals surface area contributed by atoms with Crippen LogP contribution >= 0.6 is 0 Å². The van der Waals surface area contributed by atoms with E-state index in [0.29, 0.717) is 5.82 Å². The number of nitrogen functional groups attached to an aromatic ring is 1. The molecular weight excluding hydrogens is 174 g/mol. The van der Waals surface area contributed by atoms with Crippen molar-refractivity contribution in [3.63, 3.8) is 0 Å². The number of hydrogen-bond donors (Lipinski definition) is 1. The smallest absolute Gasteiger partial charge is 0.146 e. The van der Waals surface area contributed by atoms with E-state index in [-0.39, 0.29) is 0 Å². The SMILES string of the molecule is Cc1cc(N)nnc1-c1ccccc1. The first kappa shape index (κ1) is 8.69. The van der Waals surface area contributed by atoms with Crippen LogP contribution in [0.1, 0.15) is 5.56 Å². The van der Waals surface area contributed by atoms with Gasteiger partial charge in [0.25, 0.3) is 0 Å². The quantitative estimate of drug-likeness (QED) is 0.739. The Morgan fingerprint density at radius 1 is 1.07 bits per heavy atom. The lowest BCUT2D eigenvalue weighted by molar-refractivity contribution is 1.03. The third-order valence-corrected chi connectivity index (χ3v) is 2.05. The van der Waals surface area contributed by atoms with E-state index >= 15 is 0 Å². The molecule has 0 aliphatic rings. The van der Waals surface area contributed by atoms with Crippen molar-refractivity contribution >= 4 is 5.82 Å². The Kier molecular flexibility index (Phi) is 2.14. The van der Waals surface area contributed by atoms with Gasteiger partial charge in [0.1, 0.15) is 5.82 Å². The van der Waals surface area contributed by atoms with Crippen molar-refractivity contribution in [2.45, 2.75) is 6.92 Å². The largest absolute Gasteiger partial charge is 0.382 e. The number of nitrogens with zero attached hydrogens (tertiary/aromatic N) is 2. The fourth-order valence-electron chi connectivity index (χ4n) is 1.39. The highest BCUT2D eigenvalue weighted by atomic mass is 15.1. The van der Waals surface area contributed by atoms with Crippen molar-refractivity contribution in [1.82, 2.24) is 10.2 Å². The van der Waals surface area contributed by atoms with Crippen molar-refractivity contribution in [2.24, 2.45) is 0 Å². The first-order valence-corrected chi connectivity index (χ1v) is 4.42. The van der Waals surface area contributed by atoms with Crippen LogP contribution in [0.25, 0.3) is 11.3 Å². The number of nitrogens with two attached hydrogens (primary N) is 1. The number of aromatic nitrogens is 2. The van der Waals surface area contributed by atoms with E-state index in [9.17, 15) is 0 Å². The summed E-state index contributed by atoms with van der Waals surface area (Å²) in [4.78, 5) is 0. The Morgan fingerprint density at radius 2 is 1.79 bits per heavy atom. The second-order valence-corrected chi connectivity index (χ2v) is 3.17. The molecule has 0 radical (unpaired) electrons. The van der Waals surface area contributed by atoms with Crippen molar-refractivity contribution in [2.75, 3.05) is 5.73 Å². The van der Waals surface area contributed by atoms with Crippen LogP contribution in [0.2, 0.25) is 0 Å². The average molecular weight is 185 g/mol. The summed E-state index contributed by atoms with van der Waals surface area (Å²) in [5.74, 6) is 0.460. The topological polar surface area (TPSA) is 51.8 Å². The molecule has 0 spiro atoms. The van der Waals surface area contributed by atoms with E-state index in [1.165, 1.54) is 0 Å². The molecule has 1 aromatic heterocycles. The minimum absolute atomic E-state index is 0.460. The van der Waals surface area contributed by atoms with Gasteiger partial charge in [-0.15, -0.1) is 10.2 Å². The maximum absolute atomic E-state index is 5.53. The standard InChI is InChI=1S/C11H11N3/c1-8-7-10(12)13-14-11(8)9-5-3-2-4-6-9/h2-7H,1H3,(H2,12,13). The van der Waals surface area contributed by atoms with Gasteiger partial charge in [-0.3, -0.25) is 0 Å². The molecule has 1 heterocycles. The highest BCUT2D eigenvalue weighted by Crippen LogP contribution is 2.20. The predicted molar refractivity (Wildman–Crippen MR) is 56.6 cm³/mol. The summed E-state index contributed by atoms with van der Waals surface area (Å²) in [5, 5.41) is 7.92. The van der Waals surface area contributed by atoms with E-state index in [1.54, 1.807) is 0 Å². The molecule has 2 rings (SSSR count). The van der Waals surface area contributed by atoms with Gasteiger partial charge in [-0.1, -0.05) is 30.3 Å². The van der Waals surface area contributed by atoms with Crippen molar-refractivity contribution < 1.29 is 0 Å². The van der Waals surface area contributed by atoms with Crippen LogP contribution in [0, 0.1) is 6.92 Å². The molecule has 0 atom stereocenters. The Balaban J connectivity index is 2.53. The third kappa shape index (κ3) is 1.57. The second-order valence-electron chi connectivity index (χ2n) is 3.17. The predicted octanol–water partition coefficient (Wildman–Crippen LogP) is 2.03. The minimum Gasteiger partial charge on any atom is -0.382 e. The van der Waals surface area contributed by atoms with Gasteiger partial charge >= 0.3 is 0 Å². The van der Waals surface area contributed by atoms with Gasteiger partial charge in [-0.2, -0.15) is 0 Å². The maximum Gasteiger partial charge on any atom is 0.146 e. The summed E-state index contributed by atoms with van der Waals surface area (Å²) in [6, 6.07) is 11.8. The molecule has 3 heteroatoms. The van der Waals surface area contributed by atoms with Gasteiger partial charge in [0.2, 0.25) is 0 Å². The molecular formula is C11H11N3. The van der Waals surface area contributed by atoms with Crippen molar-refractivity contribution in [3.8, 4) is 11.3 Å². The number of aryl methyl sites for hydroxylation is 1. The van der Waals surface area contributed by atoms with Crippen molar-refractivity contribution in [3.05, 3.63) is 42.0 Å². The first-order valence-electron chi connectivity index (χ1n) is 4.42. The van der Waals surface area contributed by atoms with Gasteiger partial charge in [-0.25, -0.2) is 0 Å². The molecule has 3 nitrogen and oxygen atoms in total. The summed E-state index contributed by atoms with van der Waals surface area (Å²) in [6.45, 7) is 1.98. The lowest BCUT2D eigenvalue weighted by Crippen LogP contribution is -1.97. The molecule has 2 aromatic rings. The number of benzene rings is 1. The molecule has 0 aliphatic carbocycles. The minimum atomic E-state index is 0.460. The van der Waals surface area contributed by atoms with Gasteiger partial charge in [0.05, 0.1) is 5.69 Å². The van der Waals surface area contributed by atoms with E-state index in [0.717, 1.165) is 16.8 Å². The molecule has 0 saturated carbocycles. The van der Waals surface area contributed by atoms with E-state index in [1.807, 2.05) is 43.3 Å². The average Bonchev–Trinajstić information content (AvgIpc) is 2.19. The lowest BCUT2D eigenvalue weighted by atomic mass is 10.1. The number of rotatable bonds is 1. The van der Waals surface area contributed by atoms with Gasteiger partial charge in [-0.05, 0) is 18.6 Å². The highest BCUT2D eigenvalue weighted by Gasteiger charge is 2.03. The van der Waals surface area contributed by atoms with Crippen molar-refractivity contribution in [1.29, 1.82) is 0 Å². The summed E-state index contributed by atoms with van der Waals surface area (Å²) >= 11 is 0. The molecule has 0 bridgehead atoms. The molecule has 2 N–H and O–H groups in total. The van der Waals surface area contributed by atoms with Gasteiger partial charge in [0, 0.05) is 5.56 Å². The van der Waals surface area contributed by atoms with Crippen LogP contribution in [0.3, 0.4) is 0 Å². The van der Waals surface area contributed by atoms with Crippen LogP contribution in [-0.4, -0.2) is 10.2 Å². The maximum atomic E-state index is 5.53. The molecule has 0 unspecified atom stereocenters. The molecule has 14 heavy (non-hydrogen) atoms. The number of hydrogen-bond acceptors (Lipinski definition) is 3. The zero-order valence-electron chi connectivity index (χ0n) is 7.94. The summed E-state index contributed by atoms with van der Waals surface area (Å²) in [6.07, 6.45) is 0. The Labute approximate surface area is 82.6 Å². The third-order valence-electron chi connectivity index (χ3n) is 2.05. The Hall–Kier alpha value is -1.90. The number of anilines is 1. The van der Waals surface area contributed by atoms with E-state index in [4.69, 9.17) is 5.73 Å². The van der Waals surface area contributed by atoms with Gasteiger partial charge in [0.15, 0.2) is 0 Å². The lowest BCUT2D eigenvalue weighted by Gasteiger charge is -2.03. The van der Waals surface area contributed by atoms with Crippen LogP contribution in [0.15, 0.2) is 36.4 Å². The molecule has 0 fully saturated rings. The van der Waals surface area contributed by atoms with Crippen LogP contribution in [0.4, 0.5) is 5.82 Å². The molecule has 70 valence electrons. The zero-order valence-corrected chi connectivity index (χ0v) is 7.94. The van der Waals surface area contributed by atoms with Crippen LogP contribution < -0.4 is 5.73 Å². The zero-order chi connectivity index (χ0) is 9.97. The monoisotopic (exact) mass is 185 g/mol. The van der Waals surface area contributed by atoms with Crippen LogP contribution in [0.5, 0.6) is 0 Å². The molecule has 1 aromatic carbocycles. The fourth-order valence-corrected chi connectivity index (χ4v) is 1.39. The van der Waals surface area contributed by atoms with Crippen LogP contribution in [-0.2, 0) is 0 Å². The molecule has 0 saturated heterocycles. The normalized spacial score (nSPS) is 10.1. The molecule has 0 aliphatic heterocycles. The summed E-state index contributed by atoms with van der Waals surface area (Å²) < 4.78 is 0. The van der Waals surface area contributed by atoms with E-state index in [2.05, 4.69) is 10.2 Å². The van der Waals surface area contributed by atoms with E-state index < -0.39 is 0 Å². The first-order chi connectivity index (χ1) is 6.77. The van der Waals surface area contributed by atoms with Gasteiger partial charge < -0.3 is 5.73 Å². The Bertz CT molecular complexity index is 438. The summed E-state index contributed by atoms with van der Waals surface area (Å²) in [7, 11) is 0. The molecule has 0 amide bonds. The fraction of sp³-hybridized carbons (Fsp3) is 0.0909. The highest BCUT2D eigenvalue weighted by molar-refractivity contribution is 5.63.